The third-order valence-electron chi connectivity index (χ3n) is 3.75. The van der Waals surface area contributed by atoms with Crippen LogP contribution in [0.15, 0.2) is 53.4 Å². The summed E-state index contributed by atoms with van der Waals surface area (Å²) >= 11 is 0. The number of aromatic nitrogens is 1. The van der Waals surface area contributed by atoms with Gasteiger partial charge in [0.15, 0.2) is 5.75 Å². The van der Waals surface area contributed by atoms with Crippen molar-refractivity contribution in [1.29, 1.82) is 0 Å². The molecule has 0 bridgehead atoms. The van der Waals surface area contributed by atoms with E-state index in [4.69, 9.17) is 9.92 Å². The van der Waals surface area contributed by atoms with Crippen LogP contribution in [0.3, 0.4) is 0 Å². The van der Waals surface area contributed by atoms with Crippen molar-refractivity contribution in [3.63, 3.8) is 0 Å². The van der Waals surface area contributed by atoms with Crippen LogP contribution in [0, 0.1) is 0 Å². The number of nitrogens with zero attached hydrogens (tertiary/aromatic N) is 1. The molecule has 0 aliphatic rings. The predicted molar refractivity (Wildman–Crippen MR) is 90.4 cm³/mol. The van der Waals surface area contributed by atoms with Gasteiger partial charge in [0.2, 0.25) is 0 Å². The van der Waals surface area contributed by atoms with Gasteiger partial charge in [-0.2, -0.15) is 34.8 Å². The zero-order valence-corrected chi connectivity index (χ0v) is 14.9. The molecular weight excluding hydrogens is 426 g/mol. The molecule has 0 fully saturated rings. The fourth-order valence-corrected chi connectivity index (χ4v) is 3.45. The zero-order valence-electron chi connectivity index (χ0n) is 14.0. The fraction of sp³-hybridized carbons (Fsp3) is 0.118. The summed E-state index contributed by atoms with van der Waals surface area (Å²) in [6, 6.07) is 6.91. The SMILES string of the molecule is Nc1ccc2cccc(OS(=O)(=O)c3cc(C(F)(F)F)cc(C(F)(F)F)c3)c2n1. The number of para-hydroxylation sites is 1. The van der Waals surface area contributed by atoms with Crippen LogP contribution in [0.4, 0.5) is 32.2 Å². The quantitative estimate of drug-likeness (QED) is 0.479. The maximum atomic E-state index is 13.0. The number of rotatable bonds is 3. The number of halogens is 6. The lowest BCUT2D eigenvalue weighted by molar-refractivity contribution is -0.143. The summed E-state index contributed by atoms with van der Waals surface area (Å²) in [5.41, 5.74) is 1.94. The first-order chi connectivity index (χ1) is 13.3. The molecule has 0 spiro atoms. The van der Waals surface area contributed by atoms with Crippen molar-refractivity contribution >= 4 is 26.8 Å². The zero-order chi connectivity index (χ0) is 21.6. The van der Waals surface area contributed by atoms with E-state index in [0.29, 0.717) is 5.39 Å². The Labute approximate surface area is 159 Å². The number of fused-ring (bicyclic) bond motifs is 1. The molecule has 2 aromatic carbocycles. The summed E-state index contributed by atoms with van der Waals surface area (Å²) in [6.45, 7) is 0. The molecule has 0 amide bonds. The van der Waals surface area contributed by atoms with Gasteiger partial charge in [0, 0.05) is 5.39 Å². The van der Waals surface area contributed by atoms with E-state index in [-0.39, 0.29) is 29.5 Å². The summed E-state index contributed by atoms with van der Waals surface area (Å²) < 4.78 is 108. The first kappa shape index (κ1) is 20.7. The molecule has 29 heavy (non-hydrogen) atoms. The Balaban J connectivity index is 2.14. The highest BCUT2D eigenvalue weighted by molar-refractivity contribution is 7.87. The van der Waals surface area contributed by atoms with Crippen LogP contribution in [-0.4, -0.2) is 13.4 Å². The monoisotopic (exact) mass is 436 g/mol. The molecule has 1 heterocycles. The molecule has 0 aliphatic heterocycles. The molecule has 12 heteroatoms. The number of pyridine rings is 1. The van der Waals surface area contributed by atoms with Gasteiger partial charge in [0.05, 0.1) is 11.1 Å². The third-order valence-corrected chi connectivity index (χ3v) is 4.97. The lowest BCUT2D eigenvalue weighted by Gasteiger charge is -2.15. The van der Waals surface area contributed by atoms with Crippen LogP contribution in [0.1, 0.15) is 11.1 Å². The second-order valence-electron chi connectivity index (χ2n) is 5.84. The Kier molecular flexibility index (Phi) is 4.85. The van der Waals surface area contributed by atoms with Gasteiger partial charge >= 0.3 is 22.5 Å². The molecule has 0 atom stereocenters. The Morgan fingerprint density at radius 3 is 2.00 bits per heavy atom. The molecule has 0 saturated carbocycles. The van der Waals surface area contributed by atoms with E-state index in [9.17, 15) is 34.8 Å². The van der Waals surface area contributed by atoms with Crippen molar-refractivity contribution in [3.05, 3.63) is 59.7 Å². The number of nitrogen functional groups attached to an aromatic ring is 1. The molecule has 0 aliphatic carbocycles. The minimum absolute atomic E-state index is 0.00405. The first-order valence-corrected chi connectivity index (χ1v) is 9.07. The van der Waals surface area contributed by atoms with Gasteiger partial charge in [-0.1, -0.05) is 12.1 Å². The number of hydrogen-bond acceptors (Lipinski definition) is 5. The van der Waals surface area contributed by atoms with Crippen molar-refractivity contribution in [2.45, 2.75) is 17.2 Å². The largest absolute Gasteiger partial charge is 0.416 e. The van der Waals surface area contributed by atoms with Gasteiger partial charge in [0.1, 0.15) is 16.2 Å². The Hall–Kier alpha value is -3.02. The molecule has 3 aromatic rings. The highest BCUT2D eigenvalue weighted by atomic mass is 32.2. The molecule has 5 nitrogen and oxygen atoms in total. The maximum Gasteiger partial charge on any atom is 0.416 e. The number of nitrogens with two attached hydrogens (primary N) is 1. The van der Waals surface area contributed by atoms with Crippen LogP contribution in [0.5, 0.6) is 5.75 Å². The highest BCUT2D eigenvalue weighted by Gasteiger charge is 2.38. The van der Waals surface area contributed by atoms with Crippen molar-refractivity contribution in [1.82, 2.24) is 4.98 Å². The average molecular weight is 436 g/mol. The smallest absolute Gasteiger partial charge is 0.384 e. The minimum atomic E-state index is -5.21. The average Bonchev–Trinajstić information content (AvgIpc) is 2.60. The van der Waals surface area contributed by atoms with Gasteiger partial charge in [-0.15, -0.1) is 0 Å². The number of hydrogen-bond donors (Lipinski definition) is 1. The molecule has 0 unspecified atom stereocenters. The Morgan fingerprint density at radius 2 is 1.45 bits per heavy atom. The molecule has 2 N–H and O–H groups in total. The van der Waals surface area contributed by atoms with E-state index in [1.54, 1.807) is 0 Å². The van der Waals surface area contributed by atoms with Gasteiger partial charge in [-0.05, 0) is 36.4 Å². The van der Waals surface area contributed by atoms with Crippen molar-refractivity contribution < 1.29 is 38.9 Å². The maximum absolute atomic E-state index is 13.0. The summed E-state index contributed by atoms with van der Waals surface area (Å²) in [5, 5.41) is 0.395. The van der Waals surface area contributed by atoms with Gasteiger partial charge < -0.3 is 9.92 Å². The van der Waals surface area contributed by atoms with Crippen molar-refractivity contribution in [2.75, 3.05) is 5.73 Å². The lowest BCUT2D eigenvalue weighted by atomic mass is 10.1. The molecule has 0 saturated heterocycles. The van der Waals surface area contributed by atoms with Crippen LogP contribution in [0.25, 0.3) is 10.9 Å². The van der Waals surface area contributed by atoms with Crippen LogP contribution < -0.4 is 9.92 Å². The van der Waals surface area contributed by atoms with Crippen LogP contribution >= 0.6 is 0 Å². The molecule has 1 aromatic heterocycles. The summed E-state index contributed by atoms with van der Waals surface area (Å²) in [6.07, 6.45) is -10.4. The minimum Gasteiger partial charge on any atom is -0.384 e. The first-order valence-electron chi connectivity index (χ1n) is 7.66. The molecular formula is C17H10F6N2O3S. The van der Waals surface area contributed by atoms with E-state index < -0.39 is 44.2 Å². The fourth-order valence-electron chi connectivity index (χ4n) is 2.44. The second kappa shape index (κ2) is 6.79. The number of benzene rings is 2. The van der Waals surface area contributed by atoms with Crippen LogP contribution in [-0.2, 0) is 22.5 Å². The lowest BCUT2D eigenvalue weighted by Crippen LogP contribution is -2.16. The Morgan fingerprint density at radius 1 is 0.862 bits per heavy atom. The number of alkyl halides is 6. The predicted octanol–water partition coefficient (Wildman–Crippen LogP) is 4.62. The van der Waals surface area contributed by atoms with E-state index in [0.717, 1.165) is 6.07 Å². The summed E-state index contributed by atoms with van der Waals surface area (Å²) in [4.78, 5) is 2.59. The highest BCUT2D eigenvalue weighted by Crippen LogP contribution is 2.38. The van der Waals surface area contributed by atoms with Gasteiger partial charge in [0.25, 0.3) is 0 Å². The summed E-state index contributed by atoms with van der Waals surface area (Å²) in [7, 11) is -5.06. The van der Waals surface area contributed by atoms with Gasteiger partial charge in [-0.25, -0.2) is 4.98 Å². The third kappa shape index (κ3) is 4.36. The van der Waals surface area contributed by atoms with Crippen molar-refractivity contribution in [3.8, 4) is 5.75 Å². The van der Waals surface area contributed by atoms with E-state index in [1.165, 1.54) is 24.3 Å². The topological polar surface area (TPSA) is 82.3 Å². The van der Waals surface area contributed by atoms with E-state index >= 15 is 0 Å². The molecule has 3 rings (SSSR count). The van der Waals surface area contributed by atoms with Gasteiger partial charge in [-0.3, -0.25) is 0 Å². The van der Waals surface area contributed by atoms with E-state index in [1.807, 2.05) is 0 Å². The van der Waals surface area contributed by atoms with Crippen LogP contribution in [0.2, 0.25) is 0 Å². The second-order valence-corrected chi connectivity index (χ2v) is 7.39. The normalized spacial score (nSPS) is 12.9. The Bertz CT molecular complexity index is 1160. The number of anilines is 1. The molecule has 0 radical (unpaired) electrons. The van der Waals surface area contributed by atoms with E-state index in [2.05, 4.69) is 4.98 Å². The standard InChI is InChI=1S/C17H10F6N2O3S/c18-16(19,20)10-6-11(17(21,22)23)8-12(7-10)29(26,27)28-13-3-1-2-9-4-5-14(24)25-15(9)13/h1-8H,(H2,24,25). The van der Waals surface area contributed by atoms with Crippen molar-refractivity contribution in [2.24, 2.45) is 0 Å². The molecule has 154 valence electrons. The summed E-state index contributed by atoms with van der Waals surface area (Å²) in [5.74, 6) is -0.398.